The summed E-state index contributed by atoms with van der Waals surface area (Å²) in [4.78, 5) is 31.6. The zero-order chi connectivity index (χ0) is 11.3. The molecule has 0 radical (unpaired) electrons. The van der Waals surface area contributed by atoms with Gasteiger partial charge in [-0.15, -0.1) is 0 Å². The van der Waals surface area contributed by atoms with Crippen molar-refractivity contribution in [1.82, 2.24) is 0 Å². The topological polar surface area (TPSA) is 101 Å². The van der Waals surface area contributed by atoms with Crippen LogP contribution in [0, 0.1) is 5.92 Å². The average Bonchev–Trinajstić information content (AvgIpc) is 2.01. The van der Waals surface area contributed by atoms with E-state index < -0.39 is 36.4 Å². The molecule has 0 amide bonds. The number of carbonyl (C=O) groups is 3. The molecule has 1 atom stereocenters. The fraction of sp³-hybridized carbons (Fsp3) is 0.625. The van der Waals surface area contributed by atoms with Gasteiger partial charge >= 0.3 is 17.9 Å². The van der Waals surface area contributed by atoms with Crippen molar-refractivity contribution >= 4 is 17.9 Å². The van der Waals surface area contributed by atoms with E-state index in [1.165, 1.54) is 13.8 Å². The smallest absolute Gasteiger partial charge is 0.345 e. The zero-order valence-electron chi connectivity index (χ0n) is 7.89. The van der Waals surface area contributed by atoms with Gasteiger partial charge in [0.1, 0.15) is 0 Å². The third-order valence-electron chi connectivity index (χ3n) is 1.37. The molecule has 14 heavy (non-hydrogen) atoms. The van der Waals surface area contributed by atoms with Gasteiger partial charge in [0.05, 0.1) is 12.3 Å². The molecule has 0 aliphatic rings. The molecule has 0 spiro atoms. The summed E-state index contributed by atoms with van der Waals surface area (Å²) in [5, 5.41) is 16.8. The fourth-order valence-corrected chi connectivity index (χ4v) is 0.614. The van der Waals surface area contributed by atoms with E-state index in [4.69, 9.17) is 10.2 Å². The van der Waals surface area contributed by atoms with E-state index in [9.17, 15) is 14.4 Å². The molecule has 2 N–H and O–H groups in total. The Hall–Kier alpha value is -1.59. The van der Waals surface area contributed by atoms with E-state index in [2.05, 4.69) is 4.74 Å². The molecule has 6 nitrogen and oxygen atoms in total. The number of carbonyl (C=O) groups excluding carboxylic acids is 1. The first kappa shape index (κ1) is 12.4. The predicted octanol–water partition coefficient (Wildman–Crippen LogP) is 0.114. The average molecular weight is 204 g/mol. The molecule has 0 aliphatic heterocycles. The normalized spacial score (nSPS) is 12.2. The third kappa shape index (κ3) is 4.44. The minimum Gasteiger partial charge on any atom is -0.481 e. The predicted molar refractivity (Wildman–Crippen MR) is 44.6 cm³/mol. The van der Waals surface area contributed by atoms with Gasteiger partial charge in [-0.25, -0.2) is 4.79 Å². The Bertz CT molecular complexity index is 244. The summed E-state index contributed by atoms with van der Waals surface area (Å²) in [5.41, 5.74) is 0. The molecule has 0 aromatic rings. The summed E-state index contributed by atoms with van der Waals surface area (Å²) >= 11 is 0. The van der Waals surface area contributed by atoms with Crippen LogP contribution >= 0.6 is 0 Å². The molecule has 0 aromatic carbocycles. The molecule has 0 rings (SSSR count). The highest BCUT2D eigenvalue weighted by atomic mass is 16.6. The number of esters is 1. The van der Waals surface area contributed by atoms with Gasteiger partial charge in [0, 0.05) is 0 Å². The molecule has 0 saturated heterocycles. The Morgan fingerprint density at radius 3 is 2.00 bits per heavy atom. The Kier molecular flexibility index (Phi) is 4.62. The van der Waals surface area contributed by atoms with Gasteiger partial charge in [-0.1, -0.05) is 13.8 Å². The SMILES string of the molecule is CC(C)C(=O)OC(CC(=O)O)C(=O)O. The first-order valence-corrected chi connectivity index (χ1v) is 3.99. The largest absolute Gasteiger partial charge is 0.481 e. The van der Waals surface area contributed by atoms with Gasteiger partial charge in [0.15, 0.2) is 0 Å². The quantitative estimate of drug-likeness (QED) is 0.616. The van der Waals surface area contributed by atoms with Gasteiger partial charge < -0.3 is 14.9 Å². The lowest BCUT2D eigenvalue weighted by Crippen LogP contribution is -2.31. The molecule has 0 fully saturated rings. The Balaban J connectivity index is 4.31. The highest BCUT2D eigenvalue weighted by molar-refractivity contribution is 5.83. The first-order chi connectivity index (χ1) is 6.34. The summed E-state index contributed by atoms with van der Waals surface area (Å²) in [5.74, 6) is -3.99. The standard InChI is InChI=1S/C8H12O6/c1-4(2)8(13)14-5(7(11)12)3-6(9)10/h4-5H,3H2,1-2H3,(H,9,10)(H,11,12). The summed E-state index contributed by atoms with van der Waals surface area (Å²) in [6, 6.07) is 0. The van der Waals surface area contributed by atoms with Crippen LogP contribution in [-0.4, -0.2) is 34.2 Å². The summed E-state index contributed by atoms with van der Waals surface area (Å²) < 4.78 is 4.46. The number of carboxylic acids is 2. The lowest BCUT2D eigenvalue weighted by atomic mass is 10.2. The summed E-state index contributed by atoms with van der Waals surface area (Å²) in [7, 11) is 0. The number of aliphatic carboxylic acids is 2. The maximum Gasteiger partial charge on any atom is 0.345 e. The van der Waals surface area contributed by atoms with Crippen LogP contribution in [0.1, 0.15) is 20.3 Å². The van der Waals surface area contributed by atoms with Crippen LogP contribution in [0.2, 0.25) is 0 Å². The van der Waals surface area contributed by atoms with Crippen LogP contribution in [-0.2, 0) is 19.1 Å². The molecule has 1 unspecified atom stereocenters. The third-order valence-corrected chi connectivity index (χ3v) is 1.37. The lowest BCUT2D eigenvalue weighted by molar-refractivity contribution is -0.169. The number of rotatable bonds is 5. The van der Waals surface area contributed by atoms with Crippen molar-refractivity contribution in [2.24, 2.45) is 5.92 Å². The van der Waals surface area contributed by atoms with Crippen molar-refractivity contribution in [3.63, 3.8) is 0 Å². The second-order valence-corrected chi connectivity index (χ2v) is 3.02. The molecule has 0 aliphatic carbocycles. The monoisotopic (exact) mass is 204 g/mol. The van der Waals surface area contributed by atoms with Crippen LogP contribution in [0.5, 0.6) is 0 Å². The maximum atomic E-state index is 11.0. The van der Waals surface area contributed by atoms with Crippen molar-refractivity contribution < 1.29 is 29.3 Å². The highest BCUT2D eigenvalue weighted by Crippen LogP contribution is 2.04. The molecule has 0 heterocycles. The van der Waals surface area contributed by atoms with Gasteiger partial charge in [-0.3, -0.25) is 9.59 Å². The molecule has 6 heteroatoms. The Morgan fingerprint density at radius 2 is 1.71 bits per heavy atom. The van der Waals surface area contributed by atoms with E-state index in [1.54, 1.807) is 0 Å². The first-order valence-electron chi connectivity index (χ1n) is 3.99. The molecular formula is C8H12O6. The Morgan fingerprint density at radius 1 is 1.21 bits per heavy atom. The fourth-order valence-electron chi connectivity index (χ4n) is 0.614. The number of hydrogen-bond donors (Lipinski definition) is 2. The zero-order valence-corrected chi connectivity index (χ0v) is 7.89. The van der Waals surface area contributed by atoms with Gasteiger partial charge in [-0.2, -0.15) is 0 Å². The lowest BCUT2D eigenvalue weighted by Gasteiger charge is -2.12. The summed E-state index contributed by atoms with van der Waals surface area (Å²) in [6.07, 6.45) is -2.34. The second kappa shape index (κ2) is 5.21. The number of hydrogen-bond acceptors (Lipinski definition) is 4. The van der Waals surface area contributed by atoms with Crippen LogP contribution in [0.25, 0.3) is 0 Å². The van der Waals surface area contributed by atoms with Gasteiger partial charge in [-0.05, 0) is 0 Å². The van der Waals surface area contributed by atoms with Crippen molar-refractivity contribution in [1.29, 1.82) is 0 Å². The molecule has 0 bridgehead atoms. The molecule has 0 aromatic heterocycles. The Labute approximate surface area is 80.5 Å². The molecule has 80 valence electrons. The number of ether oxygens (including phenoxy) is 1. The summed E-state index contributed by atoms with van der Waals surface area (Å²) in [6.45, 7) is 3.06. The number of carboxylic acid groups (broad SMARTS) is 2. The van der Waals surface area contributed by atoms with Crippen LogP contribution in [0.4, 0.5) is 0 Å². The van der Waals surface area contributed by atoms with Crippen molar-refractivity contribution in [3.8, 4) is 0 Å². The van der Waals surface area contributed by atoms with Gasteiger partial charge in [0.2, 0.25) is 6.10 Å². The van der Waals surface area contributed by atoms with Gasteiger partial charge in [0.25, 0.3) is 0 Å². The molecule has 0 saturated carbocycles. The second-order valence-electron chi connectivity index (χ2n) is 3.02. The highest BCUT2D eigenvalue weighted by Gasteiger charge is 2.26. The minimum atomic E-state index is -1.61. The van der Waals surface area contributed by atoms with E-state index in [1.807, 2.05) is 0 Å². The van der Waals surface area contributed by atoms with E-state index in [-0.39, 0.29) is 0 Å². The molecular weight excluding hydrogens is 192 g/mol. The van der Waals surface area contributed by atoms with Crippen LogP contribution < -0.4 is 0 Å². The van der Waals surface area contributed by atoms with Crippen molar-refractivity contribution in [3.05, 3.63) is 0 Å². The minimum absolute atomic E-state index is 0.481. The van der Waals surface area contributed by atoms with E-state index in [0.717, 1.165) is 0 Å². The van der Waals surface area contributed by atoms with Crippen molar-refractivity contribution in [2.75, 3.05) is 0 Å². The van der Waals surface area contributed by atoms with Crippen molar-refractivity contribution in [2.45, 2.75) is 26.4 Å². The van der Waals surface area contributed by atoms with Crippen LogP contribution in [0.3, 0.4) is 0 Å². The van der Waals surface area contributed by atoms with Crippen LogP contribution in [0.15, 0.2) is 0 Å². The van der Waals surface area contributed by atoms with E-state index in [0.29, 0.717) is 0 Å². The maximum absolute atomic E-state index is 11.0. The van der Waals surface area contributed by atoms with E-state index >= 15 is 0 Å².